The second-order valence-electron chi connectivity index (χ2n) is 2.87. The van der Waals surface area contributed by atoms with Crippen LogP contribution < -0.4 is 16.2 Å². The van der Waals surface area contributed by atoms with Crippen LogP contribution in [0.25, 0.3) is 0 Å². The van der Waals surface area contributed by atoms with E-state index in [0.717, 1.165) is 0 Å². The Hall–Kier alpha value is -1.75. The van der Waals surface area contributed by atoms with Crippen molar-refractivity contribution in [3.63, 3.8) is 0 Å². The highest BCUT2D eigenvalue weighted by molar-refractivity contribution is 5.96. The number of nitrogen functional groups attached to an aromatic ring is 1. The summed E-state index contributed by atoms with van der Waals surface area (Å²) in [5.74, 6) is -0.195. The van der Waals surface area contributed by atoms with Gasteiger partial charge in [0.2, 0.25) is 0 Å². The van der Waals surface area contributed by atoms with Gasteiger partial charge in [0.25, 0.3) is 5.91 Å². The van der Waals surface area contributed by atoms with Gasteiger partial charge in [-0.25, -0.2) is 0 Å². The van der Waals surface area contributed by atoms with E-state index in [9.17, 15) is 4.79 Å². The summed E-state index contributed by atoms with van der Waals surface area (Å²) >= 11 is 0. The Morgan fingerprint density at radius 2 is 2.20 bits per heavy atom. The monoisotopic (exact) mass is 210 g/mol. The van der Waals surface area contributed by atoms with Crippen LogP contribution in [0.5, 0.6) is 5.75 Å². The van der Waals surface area contributed by atoms with Crippen LogP contribution in [0.2, 0.25) is 0 Å². The van der Waals surface area contributed by atoms with Gasteiger partial charge in [0.1, 0.15) is 5.75 Å². The molecule has 0 aliphatic heterocycles. The van der Waals surface area contributed by atoms with Gasteiger partial charge >= 0.3 is 0 Å². The van der Waals surface area contributed by atoms with Crippen LogP contribution in [-0.2, 0) is 4.74 Å². The van der Waals surface area contributed by atoms with Gasteiger partial charge < -0.3 is 20.9 Å². The van der Waals surface area contributed by atoms with E-state index in [2.05, 4.69) is 0 Å². The molecule has 82 valence electrons. The highest BCUT2D eigenvalue weighted by Crippen LogP contribution is 2.20. The molecule has 0 unspecified atom stereocenters. The molecule has 15 heavy (non-hydrogen) atoms. The molecule has 0 spiro atoms. The van der Waals surface area contributed by atoms with Gasteiger partial charge in [0, 0.05) is 12.3 Å². The standard InChI is InChI=1S/C10H14N2O3/c1-2-14-6-15-9-4-3-7(11)5-8(9)10(12)13/h3-5H,2,6,11H2,1H3,(H2,12,13). The van der Waals surface area contributed by atoms with Crippen molar-refractivity contribution in [3.8, 4) is 5.75 Å². The molecule has 0 radical (unpaired) electrons. The summed E-state index contributed by atoms with van der Waals surface area (Å²) in [5, 5.41) is 0. The van der Waals surface area contributed by atoms with E-state index in [-0.39, 0.29) is 12.4 Å². The second-order valence-corrected chi connectivity index (χ2v) is 2.87. The Balaban J connectivity index is 2.81. The first-order valence-electron chi connectivity index (χ1n) is 4.55. The van der Waals surface area contributed by atoms with Crippen molar-refractivity contribution in [3.05, 3.63) is 23.8 Å². The predicted molar refractivity (Wildman–Crippen MR) is 56.5 cm³/mol. The number of benzene rings is 1. The summed E-state index contributed by atoms with van der Waals surface area (Å²) in [7, 11) is 0. The van der Waals surface area contributed by atoms with Crippen LogP contribution in [0.4, 0.5) is 5.69 Å². The van der Waals surface area contributed by atoms with Crippen molar-refractivity contribution in [2.45, 2.75) is 6.92 Å². The molecule has 1 aromatic carbocycles. The fourth-order valence-electron chi connectivity index (χ4n) is 1.05. The van der Waals surface area contributed by atoms with Crippen LogP contribution in [0.3, 0.4) is 0 Å². The lowest BCUT2D eigenvalue weighted by Gasteiger charge is -2.09. The van der Waals surface area contributed by atoms with Crippen LogP contribution >= 0.6 is 0 Å². The zero-order valence-corrected chi connectivity index (χ0v) is 8.53. The molecule has 4 N–H and O–H groups in total. The molecule has 1 rings (SSSR count). The highest BCUT2D eigenvalue weighted by Gasteiger charge is 2.09. The Bertz CT molecular complexity index is 353. The third-order valence-electron chi connectivity index (χ3n) is 1.77. The van der Waals surface area contributed by atoms with E-state index >= 15 is 0 Å². The molecule has 1 amide bonds. The quantitative estimate of drug-likeness (QED) is 0.426. The third-order valence-corrected chi connectivity index (χ3v) is 1.77. The molecule has 0 saturated heterocycles. The first-order valence-corrected chi connectivity index (χ1v) is 4.55. The fourth-order valence-corrected chi connectivity index (χ4v) is 1.05. The van der Waals surface area contributed by atoms with E-state index in [0.29, 0.717) is 18.0 Å². The van der Waals surface area contributed by atoms with Crippen LogP contribution in [-0.4, -0.2) is 19.3 Å². The Morgan fingerprint density at radius 1 is 1.47 bits per heavy atom. The molecular weight excluding hydrogens is 196 g/mol. The highest BCUT2D eigenvalue weighted by atomic mass is 16.7. The molecular formula is C10H14N2O3. The third kappa shape index (κ3) is 3.14. The lowest BCUT2D eigenvalue weighted by atomic mass is 10.1. The van der Waals surface area contributed by atoms with Gasteiger partial charge in [0.05, 0.1) is 5.56 Å². The summed E-state index contributed by atoms with van der Waals surface area (Å²) < 4.78 is 10.2. The van der Waals surface area contributed by atoms with Crippen molar-refractivity contribution in [2.75, 3.05) is 19.1 Å². The summed E-state index contributed by atoms with van der Waals surface area (Å²) in [6, 6.07) is 4.70. The number of nitrogens with two attached hydrogens (primary N) is 2. The maximum atomic E-state index is 11.1. The average Bonchev–Trinajstić information content (AvgIpc) is 2.20. The Morgan fingerprint density at radius 3 is 2.80 bits per heavy atom. The van der Waals surface area contributed by atoms with Crippen molar-refractivity contribution in [1.82, 2.24) is 0 Å². The van der Waals surface area contributed by atoms with E-state index in [1.54, 1.807) is 12.1 Å². The zero-order valence-electron chi connectivity index (χ0n) is 8.53. The molecule has 0 aromatic heterocycles. The number of primary amides is 1. The summed E-state index contributed by atoms with van der Waals surface area (Å²) in [5.41, 5.74) is 11.4. The SMILES string of the molecule is CCOCOc1ccc(N)cc1C(N)=O. The Kier molecular flexibility index (Phi) is 3.93. The number of rotatable bonds is 5. The second kappa shape index (κ2) is 5.21. The number of hydrogen-bond acceptors (Lipinski definition) is 4. The first-order chi connectivity index (χ1) is 7.15. The van der Waals surface area contributed by atoms with E-state index in [4.69, 9.17) is 20.9 Å². The van der Waals surface area contributed by atoms with Crippen LogP contribution in [0, 0.1) is 0 Å². The van der Waals surface area contributed by atoms with E-state index < -0.39 is 5.91 Å². The molecule has 1 aromatic rings. The number of anilines is 1. The topological polar surface area (TPSA) is 87.6 Å². The average molecular weight is 210 g/mol. The number of amides is 1. The molecule has 0 saturated carbocycles. The molecule has 5 heteroatoms. The molecule has 0 bridgehead atoms. The van der Waals surface area contributed by atoms with Gasteiger partial charge in [-0.2, -0.15) is 0 Å². The summed E-state index contributed by atoms with van der Waals surface area (Å²) in [6.07, 6.45) is 0. The van der Waals surface area contributed by atoms with Crippen LogP contribution in [0.1, 0.15) is 17.3 Å². The van der Waals surface area contributed by atoms with Crippen molar-refractivity contribution in [1.29, 1.82) is 0 Å². The van der Waals surface area contributed by atoms with Gasteiger partial charge in [0.15, 0.2) is 6.79 Å². The van der Waals surface area contributed by atoms with Crippen molar-refractivity contribution in [2.24, 2.45) is 5.73 Å². The number of hydrogen-bond donors (Lipinski definition) is 2. The summed E-state index contributed by atoms with van der Waals surface area (Å²) in [4.78, 5) is 11.1. The normalized spacial score (nSPS) is 9.93. The molecule has 0 aliphatic carbocycles. The van der Waals surface area contributed by atoms with Gasteiger partial charge in [-0.3, -0.25) is 4.79 Å². The largest absolute Gasteiger partial charge is 0.467 e. The first kappa shape index (κ1) is 11.3. The molecule has 0 heterocycles. The maximum Gasteiger partial charge on any atom is 0.252 e. The van der Waals surface area contributed by atoms with Gasteiger partial charge in [-0.05, 0) is 25.1 Å². The molecule has 0 aliphatic rings. The summed E-state index contributed by atoms with van der Waals surface area (Å²) in [6.45, 7) is 2.48. The molecule has 5 nitrogen and oxygen atoms in total. The van der Waals surface area contributed by atoms with Crippen molar-refractivity contribution >= 4 is 11.6 Å². The van der Waals surface area contributed by atoms with Gasteiger partial charge in [-0.1, -0.05) is 0 Å². The van der Waals surface area contributed by atoms with E-state index in [1.807, 2.05) is 6.92 Å². The van der Waals surface area contributed by atoms with E-state index in [1.165, 1.54) is 6.07 Å². The fraction of sp³-hybridized carbons (Fsp3) is 0.300. The minimum atomic E-state index is -0.575. The van der Waals surface area contributed by atoms with Crippen LogP contribution in [0.15, 0.2) is 18.2 Å². The lowest BCUT2D eigenvalue weighted by Crippen LogP contribution is -2.14. The number of ether oxygens (including phenoxy) is 2. The molecule has 0 fully saturated rings. The molecule has 0 atom stereocenters. The maximum absolute atomic E-state index is 11.1. The number of carbonyl (C=O) groups is 1. The predicted octanol–water partition coefficient (Wildman–Crippen LogP) is 0.741. The number of carbonyl (C=O) groups excluding carboxylic acids is 1. The zero-order chi connectivity index (χ0) is 11.3. The van der Waals surface area contributed by atoms with Gasteiger partial charge in [-0.15, -0.1) is 0 Å². The van der Waals surface area contributed by atoms with Crippen molar-refractivity contribution < 1.29 is 14.3 Å². The smallest absolute Gasteiger partial charge is 0.252 e. The lowest BCUT2D eigenvalue weighted by molar-refractivity contribution is 0.0219. The minimum Gasteiger partial charge on any atom is -0.467 e. The minimum absolute atomic E-state index is 0.0840. The Labute approximate surface area is 88.0 Å².